The van der Waals surface area contributed by atoms with Crippen LogP contribution in [0.4, 0.5) is 4.39 Å². The van der Waals surface area contributed by atoms with E-state index in [1.807, 2.05) is 6.07 Å². The molecule has 1 rings (SSSR count). The number of benzene rings is 1. The van der Waals surface area contributed by atoms with Crippen LogP contribution in [0.1, 0.15) is 5.56 Å². The van der Waals surface area contributed by atoms with Gasteiger partial charge in [-0.1, -0.05) is 12.1 Å². The molecule has 4 nitrogen and oxygen atoms in total. The highest BCUT2D eigenvalue weighted by molar-refractivity contribution is 5.77. The van der Waals surface area contributed by atoms with Crippen molar-refractivity contribution in [2.45, 2.75) is 6.42 Å². The Morgan fingerprint density at radius 2 is 2.22 bits per heavy atom. The third kappa shape index (κ3) is 6.32. The summed E-state index contributed by atoms with van der Waals surface area (Å²) in [5, 5.41) is 2.70. The fraction of sp³-hybridized carbons (Fsp3) is 0.462. The zero-order chi connectivity index (χ0) is 13.2. The van der Waals surface area contributed by atoms with Crippen molar-refractivity contribution in [3.63, 3.8) is 0 Å². The molecule has 0 unspecified atom stereocenters. The summed E-state index contributed by atoms with van der Waals surface area (Å²) < 4.78 is 22.7. The summed E-state index contributed by atoms with van der Waals surface area (Å²) in [4.78, 5) is 11.3. The maximum atomic E-state index is 12.9. The van der Waals surface area contributed by atoms with E-state index in [2.05, 4.69) is 5.32 Å². The predicted octanol–water partition coefficient (Wildman–Crippen LogP) is 1.15. The van der Waals surface area contributed by atoms with E-state index in [1.54, 1.807) is 13.2 Å². The number of ether oxygens (including phenoxy) is 2. The minimum Gasteiger partial charge on any atom is -0.382 e. The Kier molecular flexibility index (Phi) is 6.98. The van der Waals surface area contributed by atoms with Gasteiger partial charge in [0, 0.05) is 13.7 Å². The van der Waals surface area contributed by atoms with E-state index in [0.29, 0.717) is 26.2 Å². The second-order valence-electron chi connectivity index (χ2n) is 3.78. The minimum absolute atomic E-state index is 0.0203. The van der Waals surface area contributed by atoms with Gasteiger partial charge in [-0.05, 0) is 24.1 Å². The average Bonchev–Trinajstić information content (AvgIpc) is 2.35. The second kappa shape index (κ2) is 8.60. The molecule has 0 saturated carbocycles. The molecular weight excluding hydrogens is 237 g/mol. The summed E-state index contributed by atoms with van der Waals surface area (Å²) in [5.74, 6) is -0.441. The summed E-state index contributed by atoms with van der Waals surface area (Å²) in [6.45, 7) is 1.35. The van der Waals surface area contributed by atoms with Gasteiger partial charge in [-0.25, -0.2) is 4.39 Å². The van der Waals surface area contributed by atoms with Crippen molar-refractivity contribution in [3.05, 3.63) is 35.6 Å². The third-order valence-corrected chi connectivity index (χ3v) is 2.29. The molecule has 18 heavy (non-hydrogen) atoms. The Balaban J connectivity index is 2.12. The van der Waals surface area contributed by atoms with Crippen molar-refractivity contribution in [3.8, 4) is 0 Å². The zero-order valence-electron chi connectivity index (χ0n) is 10.4. The first-order valence-electron chi connectivity index (χ1n) is 5.80. The molecule has 100 valence electrons. The number of hydrogen-bond donors (Lipinski definition) is 1. The molecule has 1 N–H and O–H groups in total. The van der Waals surface area contributed by atoms with Crippen LogP contribution in [-0.4, -0.2) is 39.4 Å². The molecule has 0 radical (unpaired) electrons. The van der Waals surface area contributed by atoms with Crippen LogP contribution in [-0.2, 0) is 20.7 Å². The highest BCUT2D eigenvalue weighted by Crippen LogP contribution is 2.03. The fourth-order valence-electron chi connectivity index (χ4n) is 1.40. The van der Waals surface area contributed by atoms with Crippen LogP contribution in [0, 0.1) is 5.82 Å². The summed E-state index contributed by atoms with van der Waals surface area (Å²) in [6.07, 6.45) is 0.599. The Morgan fingerprint density at radius 1 is 1.39 bits per heavy atom. The van der Waals surface area contributed by atoms with Crippen LogP contribution in [0.15, 0.2) is 24.3 Å². The lowest BCUT2D eigenvalue weighted by Crippen LogP contribution is -2.29. The molecule has 1 aromatic rings. The monoisotopic (exact) mass is 255 g/mol. The van der Waals surface area contributed by atoms with E-state index in [9.17, 15) is 9.18 Å². The smallest absolute Gasteiger partial charge is 0.246 e. The summed E-state index contributed by atoms with van der Waals surface area (Å²) >= 11 is 0. The van der Waals surface area contributed by atoms with Gasteiger partial charge in [-0.3, -0.25) is 4.79 Å². The molecule has 0 bridgehead atoms. The predicted molar refractivity (Wildman–Crippen MR) is 65.8 cm³/mol. The highest BCUT2D eigenvalue weighted by atomic mass is 19.1. The minimum atomic E-state index is -0.262. The van der Waals surface area contributed by atoms with Crippen molar-refractivity contribution < 1.29 is 18.7 Å². The number of methoxy groups -OCH3 is 1. The van der Waals surface area contributed by atoms with Crippen molar-refractivity contribution in [1.82, 2.24) is 5.32 Å². The third-order valence-electron chi connectivity index (χ3n) is 2.29. The van der Waals surface area contributed by atoms with E-state index in [-0.39, 0.29) is 18.3 Å². The zero-order valence-corrected chi connectivity index (χ0v) is 10.4. The van der Waals surface area contributed by atoms with Gasteiger partial charge in [0.15, 0.2) is 0 Å². The summed E-state index contributed by atoms with van der Waals surface area (Å²) in [5.41, 5.74) is 0.857. The van der Waals surface area contributed by atoms with Crippen LogP contribution in [0.2, 0.25) is 0 Å². The summed E-state index contributed by atoms with van der Waals surface area (Å²) in [7, 11) is 1.57. The molecular formula is C13H18FNO3. The molecule has 0 saturated heterocycles. The molecule has 0 fully saturated rings. The van der Waals surface area contributed by atoms with Gasteiger partial charge < -0.3 is 14.8 Å². The average molecular weight is 255 g/mol. The van der Waals surface area contributed by atoms with Gasteiger partial charge in [0.05, 0.1) is 13.2 Å². The lowest BCUT2D eigenvalue weighted by molar-refractivity contribution is -0.126. The maximum Gasteiger partial charge on any atom is 0.246 e. The summed E-state index contributed by atoms with van der Waals surface area (Å²) in [6, 6.07) is 6.33. The largest absolute Gasteiger partial charge is 0.382 e. The van der Waals surface area contributed by atoms with Crippen LogP contribution in [0.3, 0.4) is 0 Å². The molecule has 0 aliphatic rings. The molecule has 0 spiro atoms. The quantitative estimate of drug-likeness (QED) is 0.709. The number of amides is 1. The Hall–Kier alpha value is -1.46. The van der Waals surface area contributed by atoms with E-state index >= 15 is 0 Å². The number of hydrogen-bond acceptors (Lipinski definition) is 3. The first kappa shape index (κ1) is 14.6. The lowest BCUT2D eigenvalue weighted by Gasteiger charge is -2.06. The molecule has 0 atom stereocenters. The van der Waals surface area contributed by atoms with E-state index in [1.165, 1.54) is 12.1 Å². The number of carbonyl (C=O) groups excluding carboxylic acids is 1. The van der Waals surface area contributed by atoms with Gasteiger partial charge in [-0.15, -0.1) is 0 Å². The first-order valence-corrected chi connectivity index (χ1v) is 5.80. The molecule has 1 amide bonds. The van der Waals surface area contributed by atoms with Crippen molar-refractivity contribution >= 4 is 5.91 Å². The molecule has 5 heteroatoms. The topological polar surface area (TPSA) is 47.6 Å². The number of rotatable bonds is 8. The molecule has 0 aliphatic carbocycles. The Morgan fingerprint density at radius 3 is 2.94 bits per heavy atom. The highest BCUT2D eigenvalue weighted by Gasteiger charge is 2.01. The van der Waals surface area contributed by atoms with E-state index < -0.39 is 0 Å². The first-order chi connectivity index (χ1) is 8.72. The SMILES string of the molecule is COCCOCC(=O)NCCc1cccc(F)c1. The van der Waals surface area contributed by atoms with Crippen LogP contribution in [0.25, 0.3) is 0 Å². The molecule has 0 heterocycles. The Labute approximate surface area is 106 Å². The van der Waals surface area contributed by atoms with Crippen LogP contribution in [0.5, 0.6) is 0 Å². The lowest BCUT2D eigenvalue weighted by atomic mass is 10.1. The van der Waals surface area contributed by atoms with Crippen LogP contribution < -0.4 is 5.32 Å². The fourth-order valence-corrected chi connectivity index (χ4v) is 1.40. The normalized spacial score (nSPS) is 10.3. The number of nitrogens with one attached hydrogen (secondary N) is 1. The van der Waals surface area contributed by atoms with Crippen LogP contribution >= 0.6 is 0 Å². The standard InChI is InChI=1S/C13H18FNO3/c1-17-7-8-18-10-13(16)15-6-5-11-3-2-4-12(14)9-11/h2-4,9H,5-8,10H2,1H3,(H,15,16). The van der Waals surface area contributed by atoms with Gasteiger partial charge in [0.2, 0.25) is 5.91 Å². The van der Waals surface area contributed by atoms with Crippen molar-refractivity contribution in [1.29, 1.82) is 0 Å². The number of carbonyl (C=O) groups is 1. The van der Waals surface area contributed by atoms with Gasteiger partial charge >= 0.3 is 0 Å². The molecule has 1 aromatic carbocycles. The second-order valence-corrected chi connectivity index (χ2v) is 3.78. The van der Waals surface area contributed by atoms with E-state index in [0.717, 1.165) is 5.56 Å². The van der Waals surface area contributed by atoms with E-state index in [4.69, 9.17) is 9.47 Å². The van der Waals surface area contributed by atoms with Gasteiger partial charge in [0.25, 0.3) is 0 Å². The van der Waals surface area contributed by atoms with Gasteiger partial charge in [0.1, 0.15) is 12.4 Å². The molecule has 0 aliphatic heterocycles. The molecule has 0 aromatic heterocycles. The maximum absolute atomic E-state index is 12.9. The van der Waals surface area contributed by atoms with Crippen molar-refractivity contribution in [2.24, 2.45) is 0 Å². The van der Waals surface area contributed by atoms with Gasteiger partial charge in [-0.2, -0.15) is 0 Å². The van der Waals surface area contributed by atoms with Crippen molar-refractivity contribution in [2.75, 3.05) is 33.5 Å². The number of halogens is 1. The Bertz CT molecular complexity index is 371.